The highest BCUT2D eigenvalue weighted by Gasteiger charge is 2.00. The van der Waals surface area contributed by atoms with Crippen molar-refractivity contribution in [2.24, 2.45) is 0 Å². The molecule has 1 heterocycles. The smallest absolute Gasteiger partial charge is 0.135 e. The van der Waals surface area contributed by atoms with Gasteiger partial charge >= 0.3 is 0 Å². The molecule has 0 aromatic carbocycles. The van der Waals surface area contributed by atoms with E-state index in [1.807, 2.05) is 0 Å². The molecule has 1 aromatic rings. The van der Waals surface area contributed by atoms with E-state index in [4.69, 9.17) is 4.78 Å². The number of nitrogens with one attached hydrogen (secondary N) is 1. The Morgan fingerprint density at radius 2 is 2.30 bits per heavy atom. The van der Waals surface area contributed by atoms with Crippen molar-refractivity contribution in [3.8, 4) is 0 Å². The number of hydrogen-bond acceptors (Lipinski definition) is 3. The normalized spacial score (nSPS) is 16.1. The van der Waals surface area contributed by atoms with Crippen LogP contribution in [0.25, 0.3) is 0 Å². The average molecular weight is 156 g/mol. The van der Waals surface area contributed by atoms with Crippen LogP contribution < -0.4 is 0 Å². The lowest BCUT2D eigenvalue weighted by atomic mass is 10.5. The van der Waals surface area contributed by atoms with Gasteiger partial charge in [0.25, 0.3) is 0 Å². The summed E-state index contributed by atoms with van der Waals surface area (Å²) in [5.74, 6) is 0. The maximum atomic E-state index is 11.0. The van der Waals surface area contributed by atoms with Gasteiger partial charge in [0, 0.05) is 12.5 Å². The molecule has 4 heteroatoms. The maximum Gasteiger partial charge on any atom is 0.135 e. The van der Waals surface area contributed by atoms with Crippen LogP contribution in [0.2, 0.25) is 0 Å². The minimum Gasteiger partial charge on any atom is -0.248 e. The fraction of sp³-hybridized carbons (Fsp3) is 0.167. The minimum absolute atomic E-state index is 0.343. The Bertz CT molecular complexity index is 304. The van der Waals surface area contributed by atoms with E-state index >= 15 is 0 Å². The van der Waals surface area contributed by atoms with Crippen LogP contribution in [-0.2, 0) is 9.73 Å². The molecule has 0 amide bonds. The second-order valence-electron chi connectivity index (χ2n) is 2.01. The van der Waals surface area contributed by atoms with Gasteiger partial charge in [-0.15, -0.1) is 0 Å². The molecule has 0 bridgehead atoms. The van der Waals surface area contributed by atoms with Gasteiger partial charge in [-0.1, -0.05) is 6.07 Å². The Kier molecular flexibility index (Phi) is 1.72. The van der Waals surface area contributed by atoms with Gasteiger partial charge in [0.15, 0.2) is 0 Å². The van der Waals surface area contributed by atoms with Crippen LogP contribution >= 0.6 is 0 Å². The molecule has 0 radical (unpaired) electrons. The first-order valence-electron chi connectivity index (χ1n) is 2.75. The molecule has 0 spiro atoms. The van der Waals surface area contributed by atoms with Crippen LogP contribution in [0.15, 0.2) is 29.4 Å². The molecule has 1 N–H and O–H groups in total. The lowest BCUT2D eigenvalue weighted by molar-refractivity contribution is 0.676. The van der Waals surface area contributed by atoms with Crippen molar-refractivity contribution in [1.82, 2.24) is 4.98 Å². The van der Waals surface area contributed by atoms with Crippen LogP contribution in [0.3, 0.4) is 0 Å². The minimum atomic E-state index is -2.61. The Balaban J connectivity index is 3.22. The summed E-state index contributed by atoms with van der Waals surface area (Å²) in [5.41, 5.74) is 0. The first-order chi connectivity index (χ1) is 4.61. The molecule has 0 saturated heterocycles. The first-order valence-corrected chi connectivity index (χ1v) is 4.72. The lowest BCUT2D eigenvalue weighted by Gasteiger charge is -1.96. The molecular formula is C6H8N2OS. The van der Waals surface area contributed by atoms with Gasteiger partial charge in [-0.25, -0.2) is 14.0 Å². The Labute approximate surface area is 60.1 Å². The van der Waals surface area contributed by atoms with E-state index in [-0.39, 0.29) is 0 Å². The topological polar surface area (TPSA) is 53.8 Å². The van der Waals surface area contributed by atoms with Crippen LogP contribution in [0.5, 0.6) is 0 Å². The van der Waals surface area contributed by atoms with Gasteiger partial charge in [0.2, 0.25) is 0 Å². The number of rotatable bonds is 1. The molecular weight excluding hydrogens is 148 g/mol. The van der Waals surface area contributed by atoms with E-state index in [2.05, 4.69) is 4.98 Å². The van der Waals surface area contributed by atoms with Crippen molar-refractivity contribution in [2.75, 3.05) is 6.26 Å². The zero-order valence-corrected chi connectivity index (χ0v) is 6.39. The van der Waals surface area contributed by atoms with Crippen molar-refractivity contribution < 1.29 is 4.21 Å². The molecule has 0 aliphatic rings. The predicted octanol–water partition coefficient (Wildman–Crippen LogP) is 1.12. The second kappa shape index (κ2) is 2.38. The maximum absolute atomic E-state index is 11.0. The number of aromatic nitrogens is 1. The fourth-order valence-corrected chi connectivity index (χ4v) is 1.18. The van der Waals surface area contributed by atoms with Crippen LogP contribution in [0, 0.1) is 4.78 Å². The monoisotopic (exact) mass is 156 g/mol. The quantitative estimate of drug-likeness (QED) is 0.662. The zero-order valence-electron chi connectivity index (χ0n) is 5.57. The van der Waals surface area contributed by atoms with Crippen molar-refractivity contribution in [3.05, 3.63) is 24.4 Å². The molecule has 0 unspecified atom stereocenters. The predicted molar refractivity (Wildman–Crippen MR) is 39.3 cm³/mol. The summed E-state index contributed by atoms with van der Waals surface area (Å²) in [5, 5.41) is 0.343. The Hall–Kier alpha value is -0.900. The third-order valence-corrected chi connectivity index (χ3v) is 2.08. The summed E-state index contributed by atoms with van der Waals surface area (Å²) in [4.78, 5) is 3.79. The number of nitrogens with zero attached hydrogens (tertiary/aromatic N) is 1. The summed E-state index contributed by atoms with van der Waals surface area (Å²) in [7, 11) is -2.61. The Morgan fingerprint density at radius 1 is 1.60 bits per heavy atom. The summed E-state index contributed by atoms with van der Waals surface area (Å²) >= 11 is 0. The molecule has 54 valence electrons. The highest BCUT2D eigenvalue weighted by molar-refractivity contribution is 7.91. The summed E-state index contributed by atoms with van der Waals surface area (Å²) < 4.78 is 18.1. The highest BCUT2D eigenvalue weighted by atomic mass is 32.2. The highest BCUT2D eigenvalue weighted by Crippen LogP contribution is 2.02. The molecule has 0 saturated carbocycles. The van der Waals surface area contributed by atoms with E-state index in [0.717, 1.165) is 0 Å². The molecule has 0 aliphatic heterocycles. The van der Waals surface area contributed by atoms with Crippen LogP contribution in [-0.4, -0.2) is 15.4 Å². The summed E-state index contributed by atoms with van der Waals surface area (Å²) in [6, 6.07) is 5.05. The largest absolute Gasteiger partial charge is 0.248 e. The third-order valence-electron chi connectivity index (χ3n) is 1.04. The molecule has 3 nitrogen and oxygen atoms in total. The average Bonchev–Trinajstić information content (AvgIpc) is 1.88. The van der Waals surface area contributed by atoms with E-state index < -0.39 is 9.73 Å². The van der Waals surface area contributed by atoms with Crippen LogP contribution in [0.1, 0.15) is 0 Å². The van der Waals surface area contributed by atoms with Gasteiger partial charge in [-0.2, -0.15) is 0 Å². The number of hydrogen-bond donors (Lipinski definition) is 1. The molecule has 1 atom stereocenters. The summed E-state index contributed by atoms with van der Waals surface area (Å²) in [6.07, 6.45) is 2.89. The second-order valence-corrected chi connectivity index (χ2v) is 4.12. The van der Waals surface area contributed by atoms with Gasteiger partial charge < -0.3 is 0 Å². The summed E-state index contributed by atoms with van der Waals surface area (Å²) in [6.45, 7) is 0. The third kappa shape index (κ3) is 1.54. The van der Waals surface area contributed by atoms with E-state index in [1.54, 1.807) is 18.2 Å². The van der Waals surface area contributed by atoms with E-state index in [9.17, 15) is 4.21 Å². The molecule has 10 heavy (non-hydrogen) atoms. The lowest BCUT2D eigenvalue weighted by Crippen LogP contribution is -1.96. The molecule has 0 fully saturated rings. The molecule has 0 aliphatic carbocycles. The van der Waals surface area contributed by atoms with Gasteiger partial charge in [0.05, 0.1) is 9.73 Å². The van der Waals surface area contributed by atoms with E-state index in [0.29, 0.717) is 5.03 Å². The Morgan fingerprint density at radius 3 is 2.60 bits per heavy atom. The van der Waals surface area contributed by atoms with E-state index in [1.165, 1.54) is 12.5 Å². The fourth-order valence-electron chi connectivity index (χ4n) is 0.578. The van der Waals surface area contributed by atoms with Crippen molar-refractivity contribution >= 4 is 9.73 Å². The van der Waals surface area contributed by atoms with Gasteiger partial charge in [-0.3, -0.25) is 0 Å². The van der Waals surface area contributed by atoms with Gasteiger partial charge in [-0.05, 0) is 12.1 Å². The zero-order chi connectivity index (χ0) is 7.61. The number of pyridine rings is 1. The standard InChI is InChI=1S/C6H8N2OS/c1-10(7,9)6-4-2-3-5-8-6/h2-5,7H,1H3/t10-/m0/s1. The van der Waals surface area contributed by atoms with Crippen LogP contribution in [0.4, 0.5) is 0 Å². The SMILES string of the molecule is C[S@](=N)(=O)c1ccccn1. The van der Waals surface area contributed by atoms with Crippen molar-refractivity contribution in [1.29, 1.82) is 4.78 Å². The van der Waals surface area contributed by atoms with Gasteiger partial charge in [0.1, 0.15) is 5.03 Å². The molecule has 1 aromatic heterocycles. The first kappa shape index (κ1) is 7.21. The van der Waals surface area contributed by atoms with Crippen molar-refractivity contribution in [2.45, 2.75) is 5.03 Å². The molecule has 1 rings (SSSR count). The van der Waals surface area contributed by atoms with Crippen molar-refractivity contribution in [3.63, 3.8) is 0 Å².